The Morgan fingerprint density at radius 2 is 1.76 bits per heavy atom. The van der Waals surface area contributed by atoms with Crippen LogP contribution in [0.3, 0.4) is 0 Å². The van der Waals surface area contributed by atoms with E-state index in [0.29, 0.717) is 11.3 Å². The summed E-state index contributed by atoms with van der Waals surface area (Å²) >= 11 is 0. The van der Waals surface area contributed by atoms with E-state index in [0.717, 1.165) is 5.56 Å². The summed E-state index contributed by atoms with van der Waals surface area (Å²) in [4.78, 5) is 28.5. The minimum Gasteiger partial charge on any atom is -0.422 e. The Kier molecular flexibility index (Phi) is 4.95. The molecule has 5 nitrogen and oxygen atoms in total. The fourth-order valence-corrected chi connectivity index (χ4v) is 2.28. The second-order valence-corrected chi connectivity index (χ2v) is 5.61. The van der Waals surface area contributed by atoms with Crippen molar-refractivity contribution in [2.24, 2.45) is 0 Å². The fourth-order valence-electron chi connectivity index (χ4n) is 2.28. The number of aromatic nitrogens is 2. The van der Waals surface area contributed by atoms with Gasteiger partial charge in [-0.2, -0.15) is 4.57 Å². The molecule has 124 valence electrons. The number of Topliss-reactive ketones (excluding diaryl/α,β-unsaturated/α-hetero) is 1. The molecule has 0 unspecified atom stereocenters. The van der Waals surface area contributed by atoms with Crippen molar-refractivity contribution in [2.75, 3.05) is 0 Å². The van der Waals surface area contributed by atoms with Gasteiger partial charge in [0.2, 0.25) is 24.2 Å². The van der Waals surface area contributed by atoms with E-state index in [-0.39, 0.29) is 18.0 Å². The smallest absolute Gasteiger partial charge is 0.368 e. The zero-order chi connectivity index (χ0) is 17.6. The van der Waals surface area contributed by atoms with Gasteiger partial charge in [-0.15, -0.1) is 0 Å². The van der Waals surface area contributed by atoms with Crippen LogP contribution in [0.2, 0.25) is 0 Å². The summed E-state index contributed by atoms with van der Waals surface area (Å²) in [5.74, 6) is -0.159. The van der Waals surface area contributed by atoms with Crippen molar-refractivity contribution < 1.29 is 18.9 Å². The molecule has 0 aliphatic carbocycles. The molecule has 5 heteroatoms. The molecule has 0 fully saturated rings. The minimum absolute atomic E-state index is 0.0466. The lowest BCUT2D eigenvalue weighted by molar-refractivity contribution is -0.683. The first kappa shape index (κ1) is 16.5. The molecule has 0 atom stereocenters. The van der Waals surface area contributed by atoms with E-state index in [2.05, 4.69) is 4.98 Å². The molecule has 1 aromatic heterocycles. The number of nitrogens with zero attached hydrogens (tertiary/aromatic N) is 2. The molecule has 0 saturated heterocycles. The van der Waals surface area contributed by atoms with Crippen LogP contribution < -0.4 is 9.30 Å². The van der Waals surface area contributed by atoms with E-state index >= 15 is 0 Å². The number of carbonyl (C=O) groups is 2. The number of benzene rings is 2. The number of ether oxygens (including phenoxy) is 1. The van der Waals surface area contributed by atoms with Crippen molar-refractivity contribution in [1.82, 2.24) is 4.98 Å². The number of aryl methyl sites for hydroxylation is 1. The van der Waals surface area contributed by atoms with Crippen LogP contribution in [0.25, 0.3) is 0 Å². The maximum atomic E-state index is 12.3. The molecule has 0 spiro atoms. The molecule has 1 heterocycles. The zero-order valence-electron chi connectivity index (χ0n) is 13.8. The number of carbonyl (C=O) groups excluding carboxylic acids is 2. The number of ketones is 1. The van der Waals surface area contributed by atoms with Crippen molar-refractivity contribution in [3.05, 3.63) is 90.0 Å². The van der Waals surface area contributed by atoms with E-state index in [9.17, 15) is 9.59 Å². The van der Waals surface area contributed by atoms with Crippen LogP contribution in [-0.2, 0) is 6.54 Å². The summed E-state index contributed by atoms with van der Waals surface area (Å²) in [5, 5.41) is 0. The lowest BCUT2D eigenvalue weighted by atomic mass is 10.1. The SMILES string of the molecule is Cc1ccc(OC(=O)c2c[n+](CC(=O)c3ccccc3)ccn2)cc1. The normalized spacial score (nSPS) is 10.3. The molecular formula is C20H17N2O3+. The number of esters is 1. The topological polar surface area (TPSA) is 60.1 Å². The summed E-state index contributed by atoms with van der Waals surface area (Å²) in [6.45, 7) is 2.08. The molecule has 3 rings (SSSR count). The van der Waals surface area contributed by atoms with Gasteiger partial charge < -0.3 is 4.74 Å². The highest BCUT2D eigenvalue weighted by atomic mass is 16.5. The van der Waals surface area contributed by atoms with Crippen LogP contribution in [0, 0.1) is 6.92 Å². The average Bonchev–Trinajstić information content (AvgIpc) is 2.64. The Morgan fingerprint density at radius 1 is 1.04 bits per heavy atom. The van der Waals surface area contributed by atoms with Crippen molar-refractivity contribution in [3.63, 3.8) is 0 Å². The first-order chi connectivity index (χ1) is 12.1. The predicted molar refractivity (Wildman–Crippen MR) is 91.3 cm³/mol. The van der Waals surface area contributed by atoms with E-state index in [1.165, 1.54) is 12.4 Å². The van der Waals surface area contributed by atoms with Crippen LogP contribution in [0.5, 0.6) is 5.75 Å². The van der Waals surface area contributed by atoms with Crippen LogP contribution in [0.1, 0.15) is 26.4 Å². The summed E-state index contributed by atoms with van der Waals surface area (Å²) < 4.78 is 6.92. The van der Waals surface area contributed by atoms with Crippen molar-refractivity contribution in [3.8, 4) is 5.75 Å². The van der Waals surface area contributed by atoms with Crippen molar-refractivity contribution >= 4 is 11.8 Å². The molecule has 25 heavy (non-hydrogen) atoms. The van der Waals surface area contributed by atoms with E-state index < -0.39 is 5.97 Å². The van der Waals surface area contributed by atoms with Crippen molar-refractivity contribution in [1.29, 1.82) is 0 Å². The Balaban J connectivity index is 1.71. The maximum absolute atomic E-state index is 12.3. The predicted octanol–water partition coefficient (Wildman–Crippen LogP) is 2.78. The highest BCUT2D eigenvalue weighted by molar-refractivity contribution is 5.95. The minimum atomic E-state index is -0.564. The third-order valence-electron chi connectivity index (χ3n) is 3.62. The highest BCUT2D eigenvalue weighted by Gasteiger charge is 2.17. The first-order valence-corrected chi connectivity index (χ1v) is 7.84. The monoisotopic (exact) mass is 333 g/mol. The number of hydrogen-bond acceptors (Lipinski definition) is 4. The van der Waals surface area contributed by atoms with Gasteiger partial charge in [0.1, 0.15) is 5.75 Å². The van der Waals surface area contributed by atoms with Gasteiger partial charge in [0.25, 0.3) is 0 Å². The Bertz CT molecular complexity index is 890. The second kappa shape index (κ2) is 7.49. The van der Waals surface area contributed by atoms with E-state index in [1.807, 2.05) is 37.3 Å². The number of rotatable bonds is 5. The quantitative estimate of drug-likeness (QED) is 0.312. The summed E-state index contributed by atoms with van der Waals surface area (Å²) in [7, 11) is 0. The largest absolute Gasteiger partial charge is 0.422 e. The molecule has 0 N–H and O–H groups in total. The van der Waals surface area contributed by atoms with Crippen molar-refractivity contribution in [2.45, 2.75) is 13.5 Å². The van der Waals surface area contributed by atoms with Gasteiger partial charge in [-0.3, -0.25) is 4.79 Å². The highest BCUT2D eigenvalue weighted by Crippen LogP contribution is 2.12. The molecular weight excluding hydrogens is 316 g/mol. The molecule has 3 aromatic rings. The van der Waals surface area contributed by atoms with Crippen LogP contribution in [-0.4, -0.2) is 16.7 Å². The average molecular weight is 333 g/mol. The van der Waals surface area contributed by atoms with E-state index in [1.54, 1.807) is 35.0 Å². The maximum Gasteiger partial charge on any atom is 0.368 e. The van der Waals surface area contributed by atoms with Crippen LogP contribution in [0.15, 0.2) is 73.2 Å². The summed E-state index contributed by atoms with van der Waals surface area (Å²) in [5.41, 5.74) is 1.84. The van der Waals surface area contributed by atoms with Crippen LogP contribution >= 0.6 is 0 Å². The Labute approximate surface area is 145 Å². The fraction of sp³-hybridized carbons (Fsp3) is 0.100. The zero-order valence-corrected chi connectivity index (χ0v) is 13.8. The van der Waals surface area contributed by atoms with E-state index in [4.69, 9.17) is 4.74 Å². The second-order valence-electron chi connectivity index (χ2n) is 5.61. The number of hydrogen-bond donors (Lipinski definition) is 0. The molecule has 2 aromatic carbocycles. The van der Waals surface area contributed by atoms with Gasteiger partial charge in [-0.1, -0.05) is 48.0 Å². The third-order valence-corrected chi connectivity index (χ3v) is 3.62. The molecule has 0 aliphatic heterocycles. The Hall–Kier alpha value is -3.34. The van der Waals surface area contributed by atoms with Gasteiger partial charge in [-0.05, 0) is 19.1 Å². The summed E-state index contributed by atoms with van der Waals surface area (Å²) in [6.07, 6.45) is 4.63. The molecule has 0 bridgehead atoms. The lowest BCUT2D eigenvalue weighted by Gasteiger charge is -2.03. The third kappa shape index (κ3) is 4.35. The van der Waals surface area contributed by atoms with Gasteiger partial charge >= 0.3 is 5.97 Å². The summed E-state index contributed by atoms with van der Waals surface area (Å²) in [6, 6.07) is 16.2. The molecule has 0 amide bonds. The lowest BCUT2D eigenvalue weighted by Crippen LogP contribution is -2.38. The van der Waals surface area contributed by atoms with Crippen LogP contribution in [0.4, 0.5) is 0 Å². The molecule has 0 aliphatic rings. The van der Waals surface area contributed by atoms with Gasteiger partial charge in [-0.25, -0.2) is 9.78 Å². The molecule has 0 saturated carbocycles. The molecule has 0 radical (unpaired) electrons. The van der Waals surface area contributed by atoms with Gasteiger partial charge in [0.15, 0.2) is 6.20 Å². The van der Waals surface area contributed by atoms with Gasteiger partial charge in [0.05, 0.1) is 6.20 Å². The standard InChI is InChI=1S/C20H17N2O3/c1-15-7-9-17(10-8-15)25-20(24)18-13-22(12-11-21-18)14-19(23)16-5-3-2-4-6-16/h2-13H,14H2,1H3/q+1. The Morgan fingerprint density at radius 3 is 2.48 bits per heavy atom. The van der Waals surface area contributed by atoms with Gasteiger partial charge in [0, 0.05) is 5.56 Å². The first-order valence-electron chi connectivity index (χ1n) is 7.84.